The summed E-state index contributed by atoms with van der Waals surface area (Å²) < 4.78 is 0. The van der Waals surface area contributed by atoms with E-state index < -0.39 is 0 Å². The van der Waals surface area contributed by atoms with Gasteiger partial charge in [-0.2, -0.15) is 0 Å². The molecule has 1 unspecified atom stereocenters. The van der Waals surface area contributed by atoms with E-state index in [1.54, 1.807) is 0 Å². The van der Waals surface area contributed by atoms with E-state index in [2.05, 4.69) is 139 Å². The fourth-order valence-electron chi connectivity index (χ4n) is 6.48. The smallest absolute Gasteiger partial charge is 0.0972 e. The summed E-state index contributed by atoms with van der Waals surface area (Å²) in [7, 11) is 0. The molecule has 1 aliphatic carbocycles. The average molecular weight is 589 g/mol. The van der Waals surface area contributed by atoms with Crippen molar-refractivity contribution in [3.8, 4) is 33.8 Å². The average Bonchev–Trinajstić information content (AvgIpc) is 3.14. The molecule has 4 nitrogen and oxygen atoms in total. The van der Waals surface area contributed by atoms with E-state index in [9.17, 15) is 0 Å². The van der Waals surface area contributed by atoms with Crippen molar-refractivity contribution in [3.63, 3.8) is 0 Å². The number of rotatable bonds is 4. The van der Waals surface area contributed by atoms with Crippen LogP contribution in [0, 0.1) is 0 Å². The number of fused-ring (bicyclic) bond motifs is 6. The summed E-state index contributed by atoms with van der Waals surface area (Å²) in [5.41, 5.74) is 13.5. The quantitative estimate of drug-likeness (QED) is 0.208. The molecule has 4 heteroatoms. The van der Waals surface area contributed by atoms with Crippen LogP contribution in [0.5, 0.6) is 0 Å². The first-order chi connectivity index (χ1) is 22.8. The van der Waals surface area contributed by atoms with Gasteiger partial charge in [-0.1, -0.05) is 127 Å². The molecular weight excluding hydrogens is 560 g/mol. The normalized spacial score (nSPS) is 15.1. The molecule has 3 aromatic heterocycles. The number of aromatic nitrogens is 3. The van der Waals surface area contributed by atoms with Gasteiger partial charge in [-0.3, -0.25) is 0 Å². The number of hydrogen-bond acceptors (Lipinski definition) is 4. The molecule has 0 saturated heterocycles. The Hall–Kier alpha value is -6.13. The van der Waals surface area contributed by atoms with Gasteiger partial charge in [0.05, 0.1) is 39.9 Å². The minimum Gasteiger partial charge on any atom is -0.372 e. The highest BCUT2D eigenvalue weighted by Gasteiger charge is 2.26. The molecule has 1 N–H and O–H groups in total. The highest BCUT2D eigenvalue weighted by atomic mass is 15.0. The molecule has 0 radical (unpaired) electrons. The van der Waals surface area contributed by atoms with Gasteiger partial charge in [0, 0.05) is 33.2 Å². The number of pyridine rings is 3. The van der Waals surface area contributed by atoms with Gasteiger partial charge in [0.15, 0.2) is 0 Å². The predicted molar refractivity (Wildman–Crippen MR) is 189 cm³/mol. The zero-order valence-electron chi connectivity index (χ0n) is 24.9. The third-order valence-electron chi connectivity index (χ3n) is 8.89. The van der Waals surface area contributed by atoms with Crippen LogP contribution >= 0.6 is 0 Å². The fourth-order valence-corrected chi connectivity index (χ4v) is 6.48. The largest absolute Gasteiger partial charge is 0.372 e. The second kappa shape index (κ2) is 10.8. The molecule has 216 valence electrons. The van der Waals surface area contributed by atoms with Crippen molar-refractivity contribution in [2.45, 2.75) is 6.04 Å². The van der Waals surface area contributed by atoms with Crippen molar-refractivity contribution < 1.29 is 0 Å². The van der Waals surface area contributed by atoms with E-state index in [-0.39, 0.29) is 6.04 Å². The van der Waals surface area contributed by atoms with Gasteiger partial charge in [0.2, 0.25) is 0 Å². The predicted octanol–water partition coefficient (Wildman–Crippen LogP) is 9.82. The summed E-state index contributed by atoms with van der Waals surface area (Å²) in [6, 6.07) is 46.2. The van der Waals surface area contributed by atoms with Crippen LogP contribution in [-0.2, 0) is 0 Å². The number of benzene rings is 4. The Balaban J connectivity index is 1.07. The molecule has 0 fully saturated rings. The van der Waals surface area contributed by atoms with E-state index in [0.717, 1.165) is 78.1 Å². The topological polar surface area (TPSA) is 50.7 Å². The van der Waals surface area contributed by atoms with E-state index in [0.29, 0.717) is 0 Å². The molecule has 9 rings (SSSR count). The van der Waals surface area contributed by atoms with Crippen molar-refractivity contribution in [3.05, 3.63) is 174 Å². The minimum atomic E-state index is -0.0256. The van der Waals surface area contributed by atoms with Crippen LogP contribution in [0.15, 0.2) is 157 Å². The fraction of sp³-hybridized carbons (Fsp3) is 0.0238. The number of nitrogens with one attached hydrogen (secondary N) is 1. The number of hydrogen-bond donors (Lipinski definition) is 1. The van der Waals surface area contributed by atoms with Crippen LogP contribution in [0.3, 0.4) is 0 Å². The standard InChI is InChI=1S/C42H28N4/c1-3-8-27(9-4-1)35-22-18-29-14-16-31-20-24-37(45-41(31)39(29)43-35)33-12-7-13-34(26-33)38-25-21-32-17-15-30-19-23-36(28-10-5-2-6-11-28)44-40(30)42(32)46-38/h1-26,41,45H. The first-order valence-electron chi connectivity index (χ1n) is 15.6. The molecular formula is C42H28N4. The second-order valence-electron chi connectivity index (χ2n) is 11.7. The van der Waals surface area contributed by atoms with Crippen molar-refractivity contribution >= 4 is 33.6 Å². The number of allylic oxidation sites excluding steroid dienone is 2. The second-order valence-corrected chi connectivity index (χ2v) is 11.7. The molecule has 1 aliphatic heterocycles. The molecule has 0 saturated carbocycles. The van der Waals surface area contributed by atoms with Gasteiger partial charge in [0.1, 0.15) is 0 Å². The van der Waals surface area contributed by atoms with Gasteiger partial charge in [-0.25, -0.2) is 15.0 Å². The molecule has 1 atom stereocenters. The van der Waals surface area contributed by atoms with Gasteiger partial charge >= 0.3 is 0 Å². The van der Waals surface area contributed by atoms with E-state index in [1.807, 2.05) is 24.3 Å². The first-order valence-corrected chi connectivity index (χ1v) is 15.6. The SMILES string of the molecule is C1=Cc2ccc(-c3ccccc3)nc2C2NC(c3cccc(-c4ccc5ccc6ccc(-c7ccccc7)nc6c5n4)c3)=CC=C12. The Morgan fingerprint density at radius 2 is 1.02 bits per heavy atom. The lowest BCUT2D eigenvalue weighted by atomic mass is 9.89. The summed E-state index contributed by atoms with van der Waals surface area (Å²) in [5.74, 6) is 0. The Labute approximate surface area is 267 Å². The van der Waals surface area contributed by atoms with Gasteiger partial charge < -0.3 is 5.32 Å². The maximum Gasteiger partial charge on any atom is 0.0972 e. The summed E-state index contributed by atoms with van der Waals surface area (Å²) in [5, 5.41) is 5.96. The van der Waals surface area contributed by atoms with E-state index >= 15 is 0 Å². The highest BCUT2D eigenvalue weighted by molar-refractivity contribution is 6.04. The molecule has 0 bridgehead atoms. The lowest BCUT2D eigenvalue weighted by molar-refractivity contribution is 0.705. The zero-order chi connectivity index (χ0) is 30.5. The summed E-state index contributed by atoms with van der Waals surface area (Å²) in [6.07, 6.45) is 8.72. The molecule has 2 aliphatic rings. The lowest BCUT2D eigenvalue weighted by Gasteiger charge is -2.30. The summed E-state index contributed by atoms with van der Waals surface area (Å²) in [6.45, 7) is 0. The van der Waals surface area contributed by atoms with Crippen LogP contribution in [-0.4, -0.2) is 15.0 Å². The van der Waals surface area contributed by atoms with Crippen LogP contribution < -0.4 is 5.32 Å². The number of nitrogens with zero attached hydrogens (tertiary/aromatic N) is 3. The molecule has 4 aromatic carbocycles. The van der Waals surface area contributed by atoms with Gasteiger partial charge in [-0.05, 0) is 47.0 Å². The van der Waals surface area contributed by atoms with E-state index in [1.165, 1.54) is 5.57 Å². The number of dihydropyridines is 1. The third-order valence-corrected chi connectivity index (χ3v) is 8.89. The van der Waals surface area contributed by atoms with Crippen molar-refractivity contribution in [1.82, 2.24) is 20.3 Å². The molecule has 0 spiro atoms. The Bertz CT molecular complexity index is 2390. The Morgan fingerprint density at radius 1 is 0.457 bits per heavy atom. The molecule has 7 aromatic rings. The summed E-state index contributed by atoms with van der Waals surface area (Å²) >= 11 is 0. The molecule has 4 heterocycles. The lowest BCUT2D eigenvalue weighted by Crippen LogP contribution is -2.27. The zero-order valence-corrected chi connectivity index (χ0v) is 24.9. The first kappa shape index (κ1) is 26.3. The molecule has 46 heavy (non-hydrogen) atoms. The van der Waals surface area contributed by atoms with Crippen molar-refractivity contribution in [2.75, 3.05) is 0 Å². The third kappa shape index (κ3) is 4.59. The van der Waals surface area contributed by atoms with Crippen LogP contribution in [0.1, 0.15) is 22.9 Å². The Morgan fingerprint density at radius 3 is 1.72 bits per heavy atom. The van der Waals surface area contributed by atoms with Crippen LogP contribution in [0.4, 0.5) is 0 Å². The van der Waals surface area contributed by atoms with Gasteiger partial charge in [-0.15, -0.1) is 0 Å². The molecule has 0 amide bonds. The van der Waals surface area contributed by atoms with Crippen molar-refractivity contribution in [2.24, 2.45) is 0 Å². The van der Waals surface area contributed by atoms with Crippen molar-refractivity contribution in [1.29, 1.82) is 0 Å². The van der Waals surface area contributed by atoms with E-state index in [4.69, 9.17) is 15.0 Å². The monoisotopic (exact) mass is 588 g/mol. The summed E-state index contributed by atoms with van der Waals surface area (Å²) in [4.78, 5) is 15.4. The van der Waals surface area contributed by atoms with Gasteiger partial charge in [0.25, 0.3) is 0 Å². The minimum absolute atomic E-state index is 0.0256. The highest BCUT2D eigenvalue weighted by Crippen LogP contribution is 2.37. The maximum atomic E-state index is 5.20. The maximum absolute atomic E-state index is 5.20. The Kier molecular flexibility index (Phi) is 6.17. The van der Waals surface area contributed by atoms with Crippen LogP contribution in [0.25, 0.3) is 67.4 Å². The van der Waals surface area contributed by atoms with Crippen LogP contribution in [0.2, 0.25) is 0 Å².